The molecule has 0 aliphatic carbocycles. The first-order valence-electron chi connectivity index (χ1n) is 8.71. The Bertz CT molecular complexity index is 1000. The van der Waals surface area contributed by atoms with Gasteiger partial charge in [-0.3, -0.25) is 0 Å². The molecule has 0 amide bonds. The number of methoxy groups -OCH3 is 1. The summed E-state index contributed by atoms with van der Waals surface area (Å²) in [5.74, 6) is 1.78. The van der Waals surface area contributed by atoms with Crippen molar-refractivity contribution in [3.8, 4) is 11.5 Å². The van der Waals surface area contributed by atoms with E-state index in [1.54, 1.807) is 18.4 Å². The van der Waals surface area contributed by atoms with Crippen molar-refractivity contribution in [2.45, 2.75) is 18.7 Å². The van der Waals surface area contributed by atoms with Crippen LogP contribution in [0.25, 0.3) is 0 Å². The molecule has 27 heavy (non-hydrogen) atoms. The predicted octanol–water partition coefficient (Wildman–Crippen LogP) is 5.76. The highest BCUT2D eigenvalue weighted by atomic mass is 79.9. The van der Waals surface area contributed by atoms with Crippen LogP contribution in [0.5, 0.6) is 11.5 Å². The molecule has 2 atom stereocenters. The van der Waals surface area contributed by atoms with Gasteiger partial charge in [0.05, 0.1) is 18.9 Å². The lowest BCUT2D eigenvalue weighted by Crippen LogP contribution is -2.33. The zero-order chi connectivity index (χ0) is 18.4. The summed E-state index contributed by atoms with van der Waals surface area (Å²) in [6, 6.07) is 16.6. The van der Waals surface area contributed by atoms with Gasteiger partial charge in [0.25, 0.3) is 0 Å². The fraction of sp³-hybridized carbons (Fsp3) is 0.190. The van der Waals surface area contributed by atoms with Crippen LogP contribution in [0.1, 0.15) is 35.4 Å². The third kappa shape index (κ3) is 2.93. The van der Waals surface area contributed by atoms with Crippen molar-refractivity contribution in [1.82, 2.24) is 5.01 Å². The highest BCUT2D eigenvalue weighted by Crippen LogP contribution is 2.48. The first-order valence-corrected chi connectivity index (χ1v) is 10.4. The summed E-state index contributed by atoms with van der Waals surface area (Å²) in [6.07, 6.45) is 0.644. The molecule has 0 spiro atoms. The van der Waals surface area contributed by atoms with E-state index >= 15 is 0 Å². The maximum Gasteiger partial charge on any atom is 0.214 e. The second kappa shape index (κ2) is 6.69. The van der Waals surface area contributed by atoms with Gasteiger partial charge in [0.15, 0.2) is 0 Å². The molecule has 0 unspecified atom stereocenters. The number of rotatable bonds is 3. The molecule has 0 bridgehead atoms. The van der Waals surface area contributed by atoms with E-state index in [4.69, 9.17) is 14.6 Å². The smallest absolute Gasteiger partial charge is 0.214 e. The van der Waals surface area contributed by atoms with Crippen molar-refractivity contribution in [2.75, 3.05) is 7.11 Å². The second-order valence-corrected chi connectivity index (χ2v) is 8.28. The van der Waals surface area contributed by atoms with Gasteiger partial charge >= 0.3 is 0 Å². The van der Waals surface area contributed by atoms with Gasteiger partial charge in [-0.2, -0.15) is 16.4 Å². The Kier molecular flexibility index (Phi) is 4.17. The average molecular weight is 441 g/mol. The lowest BCUT2D eigenvalue weighted by molar-refractivity contribution is -0.0188. The molecular weight excluding hydrogens is 424 g/mol. The number of ether oxygens (including phenoxy) is 2. The van der Waals surface area contributed by atoms with Gasteiger partial charge in [-0.05, 0) is 64.9 Å². The summed E-state index contributed by atoms with van der Waals surface area (Å²) in [7, 11) is 1.68. The molecule has 6 heteroatoms. The molecule has 5 rings (SSSR count). The first kappa shape index (κ1) is 16.8. The van der Waals surface area contributed by atoms with E-state index in [-0.39, 0.29) is 12.3 Å². The Morgan fingerprint density at radius 2 is 2.04 bits per heavy atom. The molecule has 0 N–H and O–H groups in total. The van der Waals surface area contributed by atoms with E-state index in [9.17, 15) is 0 Å². The molecule has 0 fully saturated rings. The predicted molar refractivity (Wildman–Crippen MR) is 111 cm³/mol. The van der Waals surface area contributed by atoms with Gasteiger partial charge in [-0.1, -0.05) is 15.9 Å². The number of hydrogen-bond acceptors (Lipinski definition) is 5. The molecule has 4 nitrogen and oxygen atoms in total. The lowest BCUT2D eigenvalue weighted by atomic mass is 9.96. The van der Waals surface area contributed by atoms with Crippen molar-refractivity contribution in [1.29, 1.82) is 0 Å². The van der Waals surface area contributed by atoms with E-state index < -0.39 is 0 Å². The van der Waals surface area contributed by atoms with Crippen molar-refractivity contribution in [3.63, 3.8) is 0 Å². The molecule has 0 saturated heterocycles. The minimum absolute atomic E-state index is 0.160. The number of benzene rings is 2. The number of hydrazone groups is 1. The molecule has 0 saturated carbocycles. The second-order valence-electron chi connectivity index (χ2n) is 6.58. The summed E-state index contributed by atoms with van der Waals surface area (Å²) in [6.45, 7) is 0. The SMILES string of the molecule is COc1ccc(C2=NN3[C@H](C2)c2cc(Br)ccc2O[C@H]3c2ccsc2)cc1. The van der Waals surface area contributed by atoms with E-state index in [1.807, 2.05) is 24.3 Å². The van der Waals surface area contributed by atoms with Gasteiger partial charge in [0.1, 0.15) is 11.5 Å². The zero-order valence-electron chi connectivity index (χ0n) is 14.6. The fourth-order valence-electron chi connectivity index (χ4n) is 3.65. The quantitative estimate of drug-likeness (QED) is 0.518. The van der Waals surface area contributed by atoms with E-state index in [2.05, 4.69) is 56.0 Å². The lowest BCUT2D eigenvalue weighted by Gasteiger charge is -2.37. The molecule has 2 aromatic carbocycles. The van der Waals surface area contributed by atoms with Gasteiger partial charge in [0, 0.05) is 22.0 Å². The van der Waals surface area contributed by atoms with Crippen molar-refractivity contribution < 1.29 is 9.47 Å². The fourth-order valence-corrected chi connectivity index (χ4v) is 4.70. The molecule has 136 valence electrons. The molecule has 2 aliphatic rings. The summed E-state index contributed by atoms with van der Waals surface area (Å²) in [5.41, 5.74) is 4.49. The van der Waals surface area contributed by atoms with E-state index in [0.717, 1.165) is 39.2 Å². The molecule has 3 aromatic rings. The number of nitrogens with zero attached hydrogens (tertiary/aromatic N) is 2. The molecule has 2 aliphatic heterocycles. The third-order valence-corrected chi connectivity index (χ3v) is 6.20. The highest BCUT2D eigenvalue weighted by molar-refractivity contribution is 9.10. The topological polar surface area (TPSA) is 34.1 Å². The Morgan fingerprint density at radius 3 is 2.78 bits per heavy atom. The maximum atomic E-state index is 6.35. The third-order valence-electron chi connectivity index (χ3n) is 5.00. The number of halogens is 1. The average Bonchev–Trinajstić information content (AvgIpc) is 3.38. The monoisotopic (exact) mass is 440 g/mol. The number of fused-ring (bicyclic) bond motifs is 3. The molecule has 0 radical (unpaired) electrons. The highest BCUT2D eigenvalue weighted by Gasteiger charge is 2.41. The standard InChI is InChI=1S/C21H17BrN2O2S/c1-25-16-5-2-13(3-6-16)18-11-19-17-10-15(22)4-7-20(17)26-21(24(19)23-18)14-8-9-27-12-14/h2-10,12,19,21H,11H2,1H3/t19-,21+/m1/s1. The maximum absolute atomic E-state index is 6.35. The van der Waals surface area contributed by atoms with Crippen LogP contribution in [0.4, 0.5) is 0 Å². The van der Waals surface area contributed by atoms with Crippen molar-refractivity contribution >= 4 is 33.0 Å². The minimum atomic E-state index is -0.203. The number of thiophene rings is 1. The van der Waals surface area contributed by atoms with Crippen LogP contribution in [0.15, 0.2) is 68.9 Å². The van der Waals surface area contributed by atoms with Crippen LogP contribution >= 0.6 is 27.3 Å². The van der Waals surface area contributed by atoms with Crippen LogP contribution in [0.2, 0.25) is 0 Å². The Labute approximate surface area is 170 Å². The van der Waals surface area contributed by atoms with Crippen LogP contribution in [-0.4, -0.2) is 17.8 Å². The first-order chi connectivity index (χ1) is 13.2. The molecule has 3 heterocycles. The van der Waals surface area contributed by atoms with Crippen molar-refractivity contribution in [3.05, 3.63) is 80.5 Å². The summed E-state index contributed by atoms with van der Waals surface area (Å²) >= 11 is 5.27. The van der Waals surface area contributed by atoms with Gasteiger partial charge in [-0.15, -0.1) is 0 Å². The molecule has 1 aromatic heterocycles. The largest absolute Gasteiger partial charge is 0.497 e. The van der Waals surface area contributed by atoms with Crippen LogP contribution in [-0.2, 0) is 0 Å². The Morgan fingerprint density at radius 1 is 1.19 bits per heavy atom. The zero-order valence-corrected chi connectivity index (χ0v) is 17.0. The van der Waals surface area contributed by atoms with Crippen molar-refractivity contribution in [2.24, 2.45) is 5.10 Å². The van der Waals surface area contributed by atoms with Gasteiger partial charge in [0.2, 0.25) is 6.23 Å². The van der Waals surface area contributed by atoms with Crippen LogP contribution in [0, 0.1) is 0 Å². The van der Waals surface area contributed by atoms with Gasteiger partial charge in [-0.25, -0.2) is 5.01 Å². The normalized spacial score (nSPS) is 20.5. The van der Waals surface area contributed by atoms with Gasteiger partial charge < -0.3 is 9.47 Å². The minimum Gasteiger partial charge on any atom is -0.497 e. The Balaban J connectivity index is 1.57. The summed E-state index contributed by atoms with van der Waals surface area (Å²) < 4.78 is 12.7. The Hall–Kier alpha value is -2.31. The van der Waals surface area contributed by atoms with E-state index in [1.165, 1.54) is 5.56 Å². The van der Waals surface area contributed by atoms with Crippen LogP contribution < -0.4 is 9.47 Å². The summed E-state index contributed by atoms with van der Waals surface area (Å²) in [4.78, 5) is 0. The van der Waals surface area contributed by atoms with Crippen LogP contribution in [0.3, 0.4) is 0 Å². The summed E-state index contributed by atoms with van der Waals surface area (Å²) in [5, 5.41) is 11.3. The molecular formula is C21H17BrN2O2S. The number of hydrogen-bond donors (Lipinski definition) is 0. The van der Waals surface area contributed by atoms with E-state index in [0.29, 0.717) is 0 Å².